The van der Waals surface area contributed by atoms with Gasteiger partial charge in [0.05, 0.1) is 5.92 Å². The molecule has 1 fully saturated rings. The van der Waals surface area contributed by atoms with Crippen LogP contribution >= 0.6 is 12.2 Å². The fourth-order valence-corrected chi connectivity index (χ4v) is 1.68. The minimum absolute atomic E-state index is 0.0841. The van der Waals surface area contributed by atoms with Gasteiger partial charge in [0.2, 0.25) is 0 Å². The molecular formula is C12H24N2OS. The molecule has 0 unspecified atom stereocenters. The molecule has 1 heterocycles. The zero-order chi connectivity index (χ0) is 12.9. The van der Waals surface area contributed by atoms with Crippen molar-refractivity contribution in [2.24, 2.45) is 17.1 Å². The first-order valence-electron chi connectivity index (χ1n) is 5.87. The number of ketones is 1. The van der Waals surface area contributed by atoms with Gasteiger partial charge in [-0.3, -0.25) is 4.79 Å². The molecule has 3 nitrogen and oxygen atoms in total. The molecular weight excluding hydrogens is 220 g/mol. The number of rotatable bonds is 2. The first-order chi connectivity index (χ1) is 7.29. The summed E-state index contributed by atoms with van der Waals surface area (Å²) in [6.07, 6.45) is 0.642. The van der Waals surface area contributed by atoms with E-state index in [2.05, 4.69) is 20.8 Å². The number of nitrogens with two attached hydrogens (primary N) is 1. The number of carbonyl (C=O) groups is 1. The first kappa shape index (κ1) is 15.4. The average Bonchev–Trinajstić information content (AvgIpc) is 2.00. The molecule has 0 amide bonds. The summed E-state index contributed by atoms with van der Waals surface area (Å²) in [6.45, 7) is 11.7. The monoisotopic (exact) mass is 244 g/mol. The molecule has 1 rings (SSSR count). The number of nitrogens with zero attached hydrogens (tertiary/aromatic N) is 1. The van der Waals surface area contributed by atoms with Gasteiger partial charge in [0.15, 0.2) is 5.11 Å². The Morgan fingerprint density at radius 2 is 1.81 bits per heavy atom. The van der Waals surface area contributed by atoms with Crippen molar-refractivity contribution in [3.63, 3.8) is 0 Å². The normalized spacial score (nSPS) is 15.9. The van der Waals surface area contributed by atoms with Gasteiger partial charge in [0.25, 0.3) is 0 Å². The van der Waals surface area contributed by atoms with E-state index >= 15 is 0 Å². The Morgan fingerprint density at radius 3 is 2.12 bits per heavy atom. The van der Waals surface area contributed by atoms with Crippen LogP contribution in [0.3, 0.4) is 0 Å². The minimum atomic E-state index is 0.0841. The minimum Gasteiger partial charge on any atom is -0.376 e. The number of carbonyl (C=O) groups excluding carboxylic acids is 1. The second-order valence-electron chi connectivity index (χ2n) is 5.14. The van der Waals surface area contributed by atoms with Crippen LogP contribution in [0.15, 0.2) is 0 Å². The largest absolute Gasteiger partial charge is 0.376 e. The molecule has 94 valence electrons. The summed E-state index contributed by atoms with van der Waals surface area (Å²) in [7, 11) is 0. The number of hydrogen-bond acceptors (Lipinski definition) is 2. The molecule has 0 radical (unpaired) electrons. The molecule has 0 bridgehead atoms. The molecule has 16 heavy (non-hydrogen) atoms. The van der Waals surface area contributed by atoms with Crippen molar-refractivity contribution >= 4 is 23.1 Å². The van der Waals surface area contributed by atoms with E-state index in [1.54, 1.807) is 0 Å². The van der Waals surface area contributed by atoms with Crippen LogP contribution in [0.2, 0.25) is 0 Å². The van der Waals surface area contributed by atoms with E-state index in [4.69, 9.17) is 18.0 Å². The summed E-state index contributed by atoms with van der Waals surface area (Å²) in [5, 5.41) is 0.407. The Labute approximate surface area is 104 Å². The van der Waals surface area contributed by atoms with Gasteiger partial charge in [-0.2, -0.15) is 0 Å². The van der Waals surface area contributed by atoms with Crippen LogP contribution < -0.4 is 5.73 Å². The first-order valence-corrected chi connectivity index (χ1v) is 6.27. The summed E-state index contributed by atoms with van der Waals surface area (Å²) >= 11 is 4.81. The third kappa shape index (κ3) is 4.92. The third-order valence-electron chi connectivity index (χ3n) is 2.35. The van der Waals surface area contributed by atoms with Crippen LogP contribution in [0.25, 0.3) is 0 Å². The van der Waals surface area contributed by atoms with Crippen LogP contribution in [-0.4, -0.2) is 28.9 Å². The summed E-state index contributed by atoms with van der Waals surface area (Å²) in [5.74, 6) is 0.487. The highest BCUT2D eigenvalue weighted by atomic mass is 32.1. The SMILES string of the molecule is CC.CC(C)(C)CC(=O)C1CN(C(N)=S)C1. The van der Waals surface area contributed by atoms with Gasteiger partial charge in [-0.25, -0.2) is 0 Å². The second-order valence-corrected chi connectivity index (χ2v) is 5.56. The van der Waals surface area contributed by atoms with E-state index in [-0.39, 0.29) is 11.3 Å². The van der Waals surface area contributed by atoms with E-state index in [0.717, 1.165) is 0 Å². The molecule has 0 aromatic heterocycles. The summed E-state index contributed by atoms with van der Waals surface area (Å²) in [5.41, 5.74) is 5.52. The topological polar surface area (TPSA) is 46.3 Å². The molecule has 0 aromatic carbocycles. The van der Waals surface area contributed by atoms with Crippen molar-refractivity contribution in [1.82, 2.24) is 4.90 Å². The average molecular weight is 244 g/mol. The van der Waals surface area contributed by atoms with Crippen LogP contribution in [0.4, 0.5) is 0 Å². The molecule has 1 aliphatic rings. The fourth-order valence-electron chi connectivity index (χ4n) is 1.53. The van der Waals surface area contributed by atoms with Gasteiger partial charge >= 0.3 is 0 Å². The maximum absolute atomic E-state index is 11.7. The number of thiocarbonyl (C=S) groups is 1. The third-order valence-corrected chi connectivity index (χ3v) is 2.61. The maximum Gasteiger partial charge on any atom is 0.166 e. The number of hydrogen-bond donors (Lipinski definition) is 1. The molecule has 2 N–H and O–H groups in total. The Bertz CT molecular complexity index is 252. The molecule has 4 heteroatoms. The Morgan fingerprint density at radius 1 is 1.38 bits per heavy atom. The predicted molar refractivity (Wildman–Crippen MR) is 72.3 cm³/mol. The van der Waals surface area contributed by atoms with Crippen molar-refractivity contribution in [2.45, 2.75) is 41.0 Å². The Kier molecular flexibility index (Phi) is 5.94. The molecule has 1 aliphatic heterocycles. The lowest BCUT2D eigenvalue weighted by molar-refractivity contribution is -0.128. The van der Waals surface area contributed by atoms with Crippen molar-refractivity contribution < 1.29 is 4.79 Å². The van der Waals surface area contributed by atoms with Crippen molar-refractivity contribution in [2.75, 3.05) is 13.1 Å². The van der Waals surface area contributed by atoms with Crippen LogP contribution in [0.5, 0.6) is 0 Å². The Balaban J connectivity index is 0.00000106. The fraction of sp³-hybridized carbons (Fsp3) is 0.833. The van der Waals surface area contributed by atoms with Gasteiger partial charge in [0, 0.05) is 19.5 Å². The van der Waals surface area contributed by atoms with Gasteiger partial charge < -0.3 is 10.6 Å². The standard InChI is InChI=1S/C10H18N2OS.C2H6/c1-10(2,3)4-8(13)7-5-12(6-7)9(11)14;1-2/h7H,4-6H2,1-3H3,(H2,11,14);1-2H3. The molecule has 0 spiro atoms. The number of likely N-dealkylation sites (tertiary alicyclic amines) is 1. The molecule has 0 saturated carbocycles. The van der Waals surface area contributed by atoms with Crippen molar-refractivity contribution in [3.05, 3.63) is 0 Å². The zero-order valence-corrected chi connectivity index (χ0v) is 11.9. The van der Waals surface area contributed by atoms with Gasteiger partial charge in [-0.1, -0.05) is 34.6 Å². The smallest absolute Gasteiger partial charge is 0.166 e. The van der Waals surface area contributed by atoms with E-state index < -0.39 is 0 Å². The van der Waals surface area contributed by atoms with E-state index in [1.807, 2.05) is 18.7 Å². The highest BCUT2D eigenvalue weighted by molar-refractivity contribution is 7.80. The van der Waals surface area contributed by atoms with Crippen LogP contribution in [0, 0.1) is 11.3 Å². The van der Waals surface area contributed by atoms with E-state index in [9.17, 15) is 4.79 Å². The van der Waals surface area contributed by atoms with Crippen molar-refractivity contribution in [1.29, 1.82) is 0 Å². The lowest BCUT2D eigenvalue weighted by Gasteiger charge is -2.39. The van der Waals surface area contributed by atoms with E-state index in [1.165, 1.54) is 0 Å². The van der Waals surface area contributed by atoms with E-state index in [0.29, 0.717) is 30.4 Å². The highest BCUT2D eigenvalue weighted by Gasteiger charge is 2.34. The summed E-state index contributed by atoms with van der Waals surface area (Å²) in [4.78, 5) is 13.6. The highest BCUT2D eigenvalue weighted by Crippen LogP contribution is 2.25. The quantitative estimate of drug-likeness (QED) is 0.756. The van der Waals surface area contributed by atoms with Crippen LogP contribution in [0.1, 0.15) is 41.0 Å². The lowest BCUT2D eigenvalue weighted by atomic mass is 9.83. The van der Waals surface area contributed by atoms with Gasteiger partial charge in [0.1, 0.15) is 5.78 Å². The summed E-state index contributed by atoms with van der Waals surface area (Å²) < 4.78 is 0. The molecule has 1 saturated heterocycles. The molecule has 0 aliphatic carbocycles. The van der Waals surface area contributed by atoms with Gasteiger partial charge in [-0.15, -0.1) is 0 Å². The Hall–Kier alpha value is -0.640. The predicted octanol–water partition coefficient (Wildman–Crippen LogP) is 2.19. The zero-order valence-electron chi connectivity index (χ0n) is 11.0. The number of Topliss-reactive ketones (excluding diaryl/α,β-unsaturated/α-hetero) is 1. The molecule has 0 aromatic rings. The molecule has 0 atom stereocenters. The summed E-state index contributed by atoms with van der Waals surface area (Å²) in [6, 6.07) is 0. The lowest BCUT2D eigenvalue weighted by Crippen LogP contribution is -2.55. The maximum atomic E-state index is 11.7. The van der Waals surface area contributed by atoms with Crippen molar-refractivity contribution in [3.8, 4) is 0 Å². The van der Waals surface area contributed by atoms with Crippen LogP contribution in [-0.2, 0) is 4.79 Å². The second kappa shape index (κ2) is 6.18. The van der Waals surface area contributed by atoms with Gasteiger partial charge in [-0.05, 0) is 17.6 Å².